The number of allylic oxidation sites excluding steroid dienone is 1. The van der Waals surface area contributed by atoms with E-state index in [4.69, 9.17) is 0 Å². The number of aromatic nitrogens is 2. The van der Waals surface area contributed by atoms with Crippen molar-refractivity contribution in [3.63, 3.8) is 0 Å². The van der Waals surface area contributed by atoms with Crippen LogP contribution in [0.2, 0.25) is 0 Å². The fourth-order valence-corrected chi connectivity index (χ4v) is 4.36. The summed E-state index contributed by atoms with van der Waals surface area (Å²) in [5.74, 6) is -0.766. The van der Waals surface area contributed by atoms with E-state index in [-0.39, 0.29) is 11.6 Å². The highest BCUT2D eigenvalue weighted by molar-refractivity contribution is 5.70. The Bertz CT molecular complexity index is 1340. The highest BCUT2D eigenvalue weighted by atomic mass is 19.1. The molecule has 1 N–H and O–H groups in total. The number of nitrogens with zero attached hydrogens (tertiary/aromatic N) is 5. The Kier molecular flexibility index (Phi) is 5.46. The van der Waals surface area contributed by atoms with Gasteiger partial charge < -0.3 is 9.80 Å². The van der Waals surface area contributed by atoms with Crippen molar-refractivity contribution in [2.24, 2.45) is 5.10 Å². The number of anilines is 2. The van der Waals surface area contributed by atoms with Gasteiger partial charge in [-0.15, -0.1) is 0 Å². The summed E-state index contributed by atoms with van der Waals surface area (Å²) in [6, 6.07) is 10.0. The van der Waals surface area contributed by atoms with Crippen LogP contribution in [-0.4, -0.2) is 48.3 Å². The van der Waals surface area contributed by atoms with Gasteiger partial charge in [-0.2, -0.15) is 10.2 Å². The summed E-state index contributed by atoms with van der Waals surface area (Å²) < 4.78 is 29.8. The lowest BCUT2D eigenvalue weighted by Crippen LogP contribution is -2.44. The maximum atomic E-state index is 15.0. The molecule has 5 rings (SSSR count). The summed E-state index contributed by atoms with van der Waals surface area (Å²) in [4.78, 5) is 4.51. The Morgan fingerprint density at radius 3 is 2.61 bits per heavy atom. The van der Waals surface area contributed by atoms with Gasteiger partial charge in [-0.1, -0.05) is 25.6 Å². The first-order chi connectivity index (χ1) is 16.0. The molecule has 0 unspecified atom stereocenters. The number of aryl methyl sites for hydroxylation is 1. The van der Waals surface area contributed by atoms with Gasteiger partial charge in [0.25, 0.3) is 0 Å². The van der Waals surface area contributed by atoms with Gasteiger partial charge in [0.05, 0.1) is 11.0 Å². The van der Waals surface area contributed by atoms with Gasteiger partial charge in [0.2, 0.25) is 0 Å². The first-order valence-corrected chi connectivity index (χ1v) is 11.1. The molecule has 1 aromatic heterocycles. The monoisotopic (exact) mass is 448 g/mol. The van der Waals surface area contributed by atoms with Crippen LogP contribution in [0.4, 0.5) is 20.2 Å². The summed E-state index contributed by atoms with van der Waals surface area (Å²) >= 11 is 0. The number of hydrogen-bond acceptors (Lipinski definition) is 5. The highest BCUT2D eigenvalue weighted by Crippen LogP contribution is 2.30. The zero-order valence-electron chi connectivity index (χ0n) is 18.8. The maximum Gasteiger partial charge on any atom is 0.149 e. The molecule has 2 aromatic carbocycles. The van der Waals surface area contributed by atoms with E-state index >= 15 is 0 Å². The van der Waals surface area contributed by atoms with Gasteiger partial charge in [0, 0.05) is 37.4 Å². The third kappa shape index (κ3) is 3.80. The molecule has 0 atom stereocenters. The van der Waals surface area contributed by atoms with Gasteiger partial charge >= 0.3 is 0 Å². The van der Waals surface area contributed by atoms with E-state index in [1.807, 2.05) is 19.1 Å². The number of para-hydroxylation sites is 1. The minimum atomic E-state index is -0.385. The second-order valence-electron chi connectivity index (χ2n) is 8.44. The smallest absolute Gasteiger partial charge is 0.149 e. The lowest BCUT2D eigenvalue weighted by atomic mass is 10.1. The molecule has 170 valence electrons. The van der Waals surface area contributed by atoms with Crippen LogP contribution in [-0.2, 0) is 6.42 Å². The van der Waals surface area contributed by atoms with E-state index in [0.717, 1.165) is 37.4 Å². The Hall–Kier alpha value is -3.52. The molecule has 2 aliphatic rings. The van der Waals surface area contributed by atoms with Crippen molar-refractivity contribution < 1.29 is 8.78 Å². The Morgan fingerprint density at radius 2 is 1.85 bits per heavy atom. The van der Waals surface area contributed by atoms with Crippen LogP contribution in [0.15, 0.2) is 53.8 Å². The van der Waals surface area contributed by atoms with Crippen molar-refractivity contribution in [3.05, 3.63) is 76.6 Å². The van der Waals surface area contributed by atoms with E-state index < -0.39 is 0 Å². The predicted octanol–water partition coefficient (Wildman–Crippen LogP) is 3.02. The molecule has 0 amide bonds. The molecule has 0 saturated carbocycles. The number of aromatic amines is 1. The Balaban J connectivity index is 1.61. The molecule has 1 fully saturated rings. The van der Waals surface area contributed by atoms with Crippen molar-refractivity contribution in [2.45, 2.75) is 13.3 Å². The van der Waals surface area contributed by atoms with E-state index in [2.05, 4.69) is 38.7 Å². The number of nitrogens with one attached hydrogen (secondary N) is 1. The number of rotatable bonds is 4. The SMILES string of the molecule is C=C1C=c2[nH]nc(-c3cc(N4CCN(C)CC4)ccc3F)c2=NN1c1c(F)cccc1CC. The van der Waals surface area contributed by atoms with Gasteiger partial charge in [0.15, 0.2) is 0 Å². The van der Waals surface area contributed by atoms with Gasteiger partial charge in [-0.25, -0.2) is 13.8 Å². The summed E-state index contributed by atoms with van der Waals surface area (Å²) in [5, 5.41) is 14.5. The average Bonchev–Trinajstić information content (AvgIpc) is 3.21. The normalized spacial score (nSPS) is 16.4. The van der Waals surface area contributed by atoms with Crippen LogP contribution >= 0.6 is 0 Å². The molecule has 3 heterocycles. The summed E-state index contributed by atoms with van der Waals surface area (Å²) in [5.41, 5.74) is 3.36. The zero-order chi connectivity index (χ0) is 23.1. The van der Waals surface area contributed by atoms with E-state index in [0.29, 0.717) is 39.8 Å². The van der Waals surface area contributed by atoms with Crippen molar-refractivity contribution in [1.29, 1.82) is 0 Å². The zero-order valence-corrected chi connectivity index (χ0v) is 18.8. The predicted molar refractivity (Wildman–Crippen MR) is 126 cm³/mol. The maximum absolute atomic E-state index is 15.0. The molecular weight excluding hydrogens is 422 g/mol. The molecule has 0 radical (unpaired) electrons. The van der Waals surface area contributed by atoms with Crippen LogP contribution in [0.1, 0.15) is 12.5 Å². The third-order valence-electron chi connectivity index (χ3n) is 6.29. The molecule has 0 spiro atoms. The molecule has 2 aliphatic heterocycles. The van der Waals surface area contributed by atoms with E-state index in [9.17, 15) is 8.78 Å². The molecular formula is C25H26F2N6. The molecule has 33 heavy (non-hydrogen) atoms. The second-order valence-corrected chi connectivity index (χ2v) is 8.44. The lowest BCUT2D eigenvalue weighted by Gasteiger charge is -2.34. The van der Waals surface area contributed by atoms with Crippen LogP contribution in [0.5, 0.6) is 0 Å². The fraction of sp³-hybridized carbons (Fsp3) is 0.280. The molecule has 1 saturated heterocycles. The Labute approximate surface area is 191 Å². The fourth-order valence-electron chi connectivity index (χ4n) is 4.36. The average molecular weight is 449 g/mol. The number of piperazine rings is 1. The van der Waals surface area contributed by atoms with Gasteiger partial charge in [0.1, 0.15) is 28.4 Å². The van der Waals surface area contributed by atoms with Crippen LogP contribution < -0.4 is 20.6 Å². The largest absolute Gasteiger partial charge is 0.369 e. The lowest BCUT2D eigenvalue weighted by molar-refractivity contribution is 0.313. The van der Waals surface area contributed by atoms with Crippen LogP contribution in [0.25, 0.3) is 17.3 Å². The first kappa shape index (κ1) is 21.3. The summed E-state index contributed by atoms with van der Waals surface area (Å²) in [6.45, 7) is 9.66. The van der Waals surface area contributed by atoms with Crippen molar-refractivity contribution in [3.8, 4) is 11.3 Å². The molecule has 0 bridgehead atoms. The summed E-state index contributed by atoms with van der Waals surface area (Å²) in [7, 11) is 2.10. The topological polar surface area (TPSA) is 50.8 Å². The number of halogens is 2. The minimum Gasteiger partial charge on any atom is -0.369 e. The van der Waals surface area contributed by atoms with Gasteiger partial charge in [-0.05, 0) is 49.4 Å². The molecule has 8 heteroatoms. The second kappa shape index (κ2) is 8.44. The number of H-pyrrole nitrogens is 1. The van der Waals surface area contributed by atoms with E-state index in [1.54, 1.807) is 18.2 Å². The van der Waals surface area contributed by atoms with Crippen molar-refractivity contribution in [1.82, 2.24) is 15.1 Å². The van der Waals surface area contributed by atoms with E-state index in [1.165, 1.54) is 17.1 Å². The Morgan fingerprint density at radius 1 is 1.06 bits per heavy atom. The quantitative estimate of drug-likeness (QED) is 0.667. The first-order valence-electron chi connectivity index (χ1n) is 11.1. The molecule has 6 nitrogen and oxygen atoms in total. The minimum absolute atomic E-state index is 0.353. The molecule has 0 aliphatic carbocycles. The number of benzene rings is 2. The molecule has 3 aromatic rings. The van der Waals surface area contributed by atoms with Gasteiger partial charge in [-0.3, -0.25) is 5.10 Å². The number of fused-ring (bicyclic) bond motifs is 1. The summed E-state index contributed by atoms with van der Waals surface area (Å²) in [6.07, 6.45) is 2.39. The number of likely N-dealkylation sites (N-methyl/N-ethyl adjacent to an activating group) is 1. The standard InChI is InChI=1S/C25H26F2N6/c1-4-17-6-5-7-21(27)25(17)33-16(2)14-22-24(30-33)23(29-28-22)19-15-18(8-9-20(19)26)32-12-10-31(3)11-13-32/h5-9,14-15,28H,2,4,10-13H2,1,3H3. The van der Waals surface area contributed by atoms with Crippen molar-refractivity contribution >= 4 is 17.5 Å². The van der Waals surface area contributed by atoms with Crippen LogP contribution in [0, 0.1) is 11.6 Å². The third-order valence-corrected chi connectivity index (χ3v) is 6.29. The number of hydrogen-bond donors (Lipinski definition) is 1. The van der Waals surface area contributed by atoms with Crippen LogP contribution in [0.3, 0.4) is 0 Å². The highest BCUT2D eigenvalue weighted by Gasteiger charge is 2.23. The van der Waals surface area contributed by atoms with Crippen molar-refractivity contribution in [2.75, 3.05) is 43.1 Å².